The molecule has 6 heteroatoms. The van der Waals surface area contributed by atoms with Crippen molar-refractivity contribution in [2.24, 2.45) is 5.73 Å². The van der Waals surface area contributed by atoms with Gasteiger partial charge in [0.2, 0.25) is 5.88 Å². The third-order valence-electron chi connectivity index (χ3n) is 2.89. The van der Waals surface area contributed by atoms with Gasteiger partial charge in [-0.15, -0.1) is 0 Å². The second-order valence-electron chi connectivity index (χ2n) is 4.20. The number of ether oxygens (including phenoxy) is 2. The van der Waals surface area contributed by atoms with Crippen LogP contribution in [-0.4, -0.2) is 48.9 Å². The zero-order valence-corrected chi connectivity index (χ0v) is 10.9. The van der Waals surface area contributed by atoms with Crippen molar-refractivity contribution in [3.63, 3.8) is 0 Å². The fourth-order valence-corrected chi connectivity index (χ4v) is 2.05. The van der Waals surface area contributed by atoms with Gasteiger partial charge in [-0.25, -0.2) is 4.98 Å². The van der Waals surface area contributed by atoms with Crippen molar-refractivity contribution in [1.82, 2.24) is 9.97 Å². The molecule has 1 unspecified atom stereocenters. The summed E-state index contributed by atoms with van der Waals surface area (Å²) in [5, 5.41) is 0. The van der Waals surface area contributed by atoms with E-state index in [2.05, 4.69) is 14.9 Å². The molecule has 1 fully saturated rings. The van der Waals surface area contributed by atoms with Gasteiger partial charge in [-0.1, -0.05) is 0 Å². The number of morpholine rings is 1. The number of nitrogens with zero attached hydrogens (tertiary/aromatic N) is 3. The first-order valence-corrected chi connectivity index (χ1v) is 6.27. The molecule has 1 aliphatic heterocycles. The predicted molar refractivity (Wildman–Crippen MR) is 68.9 cm³/mol. The molecule has 1 aromatic heterocycles. The Morgan fingerprint density at radius 3 is 3.11 bits per heavy atom. The number of hydrogen-bond acceptors (Lipinski definition) is 6. The molecule has 0 saturated carbocycles. The number of rotatable bonds is 4. The van der Waals surface area contributed by atoms with Crippen LogP contribution in [-0.2, 0) is 4.74 Å². The highest BCUT2D eigenvalue weighted by molar-refractivity contribution is 5.43. The van der Waals surface area contributed by atoms with E-state index in [9.17, 15) is 0 Å². The Hall–Kier alpha value is -1.40. The lowest BCUT2D eigenvalue weighted by Crippen LogP contribution is -2.49. The predicted octanol–water partition coefficient (Wildman–Crippen LogP) is 0.348. The van der Waals surface area contributed by atoms with Gasteiger partial charge in [-0.05, 0) is 13.8 Å². The van der Waals surface area contributed by atoms with Crippen LogP contribution in [0.25, 0.3) is 0 Å². The van der Waals surface area contributed by atoms with Crippen LogP contribution in [0.2, 0.25) is 0 Å². The van der Waals surface area contributed by atoms with Crippen LogP contribution < -0.4 is 15.4 Å². The van der Waals surface area contributed by atoms with E-state index in [1.807, 2.05) is 19.9 Å². The minimum atomic E-state index is 0.169. The van der Waals surface area contributed by atoms with Crippen LogP contribution in [0.4, 0.5) is 5.82 Å². The number of anilines is 1. The van der Waals surface area contributed by atoms with Gasteiger partial charge in [0.25, 0.3) is 0 Å². The van der Waals surface area contributed by atoms with Crippen LogP contribution >= 0.6 is 0 Å². The molecule has 2 heterocycles. The molecule has 18 heavy (non-hydrogen) atoms. The highest BCUT2D eigenvalue weighted by atomic mass is 16.5. The van der Waals surface area contributed by atoms with Crippen molar-refractivity contribution in [3.05, 3.63) is 11.9 Å². The topological polar surface area (TPSA) is 73.5 Å². The highest BCUT2D eigenvalue weighted by Crippen LogP contribution is 2.21. The molecule has 1 atom stereocenters. The normalized spacial score (nSPS) is 19.9. The van der Waals surface area contributed by atoms with Gasteiger partial charge < -0.3 is 20.1 Å². The van der Waals surface area contributed by atoms with E-state index in [0.717, 1.165) is 12.4 Å². The van der Waals surface area contributed by atoms with E-state index in [4.69, 9.17) is 15.2 Å². The lowest BCUT2D eigenvalue weighted by Gasteiger charge is -2.35. The average Bonchev–Trinajstić information content (AvgIpc) is 2.38. The standard InChI is InChI=1S/C12H20N4O2/c1-3-18-12-6-11(14-9(2)15-12)16-4-5-17-8-10(16)7-13/h6,10H,3-5,7-8,13H2,1-2H3. The minimum Gasteiger partial charge on any atom is -0.478 e. The molecule has 1 aromatic rings. The third kappa shape index (κ3) is 2.88. The molecule has 0 aromatic carbocycles. The van der Waals surface area contributed by atoms with Crippen molar-refractivity contribution >= 4 is 5.82 Å². The van der Waals surface area contributed by atoms with Crippen molar-refractivity contribution in [1.29, 1.82) is 0 Å². The van der Waals surface area contributed by atoms with Gasteiger partial charge in [0.1, 0.15) is 11.6 Å². The molecule has 1 saturated heterocycles. The molecule has 100 valence electrons. The van der Waals surface area contributed by atoms with E-state index in [1.54, 1.807) is 0 Å². The maximum absolute atomic E-state index is 5.77. The monoisotopic (exact) mass is 252 g/mol. The summed E-state index contributed by atoms with van der Waals surface area (Å²) >= 11 is 0. The van der Waals surface area contributed by atoms with Gasteiger partial charge in [-0.2, -0.15) is 4.98 Å². The summed E-state index contributed by atoms with van der Waals surface area (Å²) < 4.78 is 10.9. The van der Waals surface area contributed by atoms with E-state index in [-0.39, 0.29) is 6.04 Å². The van der Waals surface area contributed by atoms with E-state index in [0.29, 0.717) is 38.1 Å². The maximum Gasteiger partial charge on any atom is 0.218 e. The Kier molecular flexibility index (Phi) is 4.33. The molecule has 0 aliphatic carbocycles. The summed E-state index contributed by atoms with van der Waals surface area (Å²) in [7, 11) is 0. The average molecular weight is 252 g/mol. The molecule has 2 N–H and O–H groups in total. The molecule has 1 aliphatic rings. The summed E-state index contributed by atoms with van der Waals surface area (Å²) in [6, 6.07) is 2.03. The molecule has 2 rings (SSSR count). The van der Waals surface area contributed by atoms with Crippen molar-refractivity contribution in [3.8, 4) is 5.88 Å². The summed E-state index contributed by atoms with van der Waals surface area (Å²) in [6.45, 7) is 7.09. The first-order valence-electron chi connectivity index (χ1n) is 6.27. The quantitative estimate of drug-likeness (QED) is 0.833. The molecular formula is C12H20N4O2. The minimum absolute atomic E-state index is 0.169. The van der Waals surface area contributed by atoms with E-state index < -0.39 is 0 Å². The van der Waals surface area contributed by atoms with E-state index in [1.165, 1.54) is 0 Å². The fraction of sp³-hybridized carbons (Fsp3) is 0.667. The maximum atomic E-state index is 5.77. The van der Waals surface area contributed by atoms with Gasteiger partial charge in [-0.3, -0.25) is 0 Å². The molecule has 0 spiro atoms. The molecule has 0 bridgehead atoms. The fourth-order valence-electron chi connectivity index (χ4n) is 2.05. The number of aryl methyl sites for hydroxylation is 1. The first kappa shape index (κ1) is 13.0. The van der Waals surface area contributed by atoms with Crippen molar-refractivity contribution in [2.45, 2.75) is 19.9 Å². The summed E-state index contributed by atoms with van der Waals surface area (Å²) in [5.41, 5.74) is 5.77. The first-order chi connectivity index (χ1) is 8.74. The summed E-state index contributed by atoms with van der Waals surface area (Å²) in [5.74, 6) is 2.19. The highest BCUT2D eigenvalue weighted by Gasteiger charge is 2.23. The molecule has 0 radical (unpaired) electrons. The smallest absolute Gasteiger partial charge is 0.218 e. The summed E-state index contributed by atoms with van der Waals surface area (Å²) in [6.07, 6.45) is 0. The molecule has 0 amide bonds. The van der Waals surface area contributed by atoms with Gasteiger partial charge >= 0.3 is 0 Å². The van der Waals surface area contributed by atoms with E-state index >= 15 is 0 Å². The Balaban J connectivity index is 2.24. The zero-order valence-electron chi connectivity index (χ0n) is 10.9. The van der Waals surface area contributed by atoms with Crippen LogP contribution in [0, 0.1) is 6.92 Å². The Morgan fingerprint density at radius 1 is 1.56 bits per heavy atom. The molecular weight excluding hydrogens is 232 g/mol. The van der Waals surface area contributed by atoms with Gasteiger partial charge in [0.05, 0.1) is 25.9 Å². The lowest BCUT2D eigenvalue weighted by atomic mass is 10.2. The SMILES string of the molecule is CCOc1cc(N2CCOCC2CN)nc(C)n1. The lowest BCUT2D eigenvalue weighted by molar-refractivity contribution is 0.0958. The Labute approximate surface area is 107 Å². The summed E-state index contributed by atoms with van der Waals surface area (Å²) in [4.78, 5) is 10.9. The molecule has 6 nitrogen and oxygen atoms in total. The largest absolute Gasteiger partial charge is 0.478 e. The van der Waals surface area contributed by atoms with Crippen LogP contribution in [0.1, 0.15) is 12.7 Å². The van der Waals surface area contributed by atoms with Crippen LogP contribution in [0.5, 0.6) is 5.88 Å². The van der Waals surface area contributed by atoms with Crippen molar-refractivity contribution < 1.29 is 9.47 Å². The second-order valence-corrected chi connectivity index (χ2v) is 4.20. The van der Waals surface area contributed by atoms with Gasteiger partial charge in [0.15, 0.2) is 0 Å². The van der Waals surface area contributed by atoms with Crippen molar-refractivity contribution in [2.75, 3.05) is 37.8 Å². The Bertz CT molecular complexity index is 400. The Morgan fingerprint density at radius 2 is 2.39 bits per heavy atom. The van der Waals surface area contributed by atoms with Crippen LogP contribution in [0.15, 0.2) is 6.07 Å². The number of nitrogens with two attached hydrogens (primary N) is 1. The van der Waals surface area contributed by atoms with Crippen LogP contribution in [0.3, 0.4) is 0 Å². The second kappa shape index (κ2) is 5.97. The van der Waals surface area contributed by atoms with Gasteiger partial charge in [0, 0.05) is 19.2 Å². The third-order valence-corrected chi connectivity index (χ3v) is 2.89. The number of hydrogen-bond donors (Lipinski definition) is 1. The zero-order chi connectivity index (χ0) is 13.0. The number of aromatic nitrogens is 2.